The molecule has 7 nitrogen and oxygen atoms in total. The third-order valence-electron chi connectivity index (χ3n) is 4.91. The summed E-state index contributed by atoms with van der Waals surface area (Å²) in [4.78, 5) is 13.8. The molecule has 2 aromatic rings. The number of sulfonamides is 1. The van der Waals surface area contributed by atoms with Crippen molar-refractivity contribution >= 4 is 33.0 Å². The van der Waals surface area contributed by atoms with Gasteiger partial charge in [-0.2, -0.15) is 0 Å². The van der Waals surface area contributed by atoms with Crippen molar-refractivity contribution in [3.8, 4) is 5.75 Å². The molecule has 2 aromatic carbocycles. The summed E-state index contributed by atoms with van der Waals surface area (Å²) in [5, 5.41) is 2.70. The molecule has 4 rings (SSSR count). The van der Waals surface area contributed by atoms with E-state index in [9.17, 15) is 13.2 Å². The lowest BCUT2D eigenvalue weighted by Gasteiger charge is -2.20. The summed E-state index contributed by atoms with van der Waals surface area (Å²) in [6.07, 6.45) is 2.45. The van der Waals surface area contributed by atoms with Crippen LogP contribution in [0.25, 0.3) is 0 Å². The molecular weight excluding hydrogens is 366 g/mol. The molecule has 0 bridgehead atoms. The largest absolute Gasteiger partial charge is 0.495 e. The molecule has 142 valence electrons. The first-order valence-corrected chi connectivity index (χ1v) is 10.3. The number of rotatable bonds is 5. The van der Waals surface area contributed by atoms with Gasteiger partial charge in [0.1, 0.15) is 5.75 Å². The first-order chi connectivity index (χ1) is 13.0. The number of hydrogen-bond donors (Lipinski definition) is 2. The standard InChI is InChI=1S/C19H21N3O4S/c1-26-18-7-4-14(22-8-2-3-9-22)12-17(18)21-27(24,25)15-5-6-16-13(10-15)11-19(23)20-16/h4-7,10,12,21H,2-3,8-9,11H2,1H3,(H,20,23). The topological polar surface area (TPSA) is 87.7 Å². The predicted octanol–water partition coefficient (Wildman–Crippen LogP) is 2.59. The molecule has 2 N–H and O–H groups in total. The molecular formula is C19H21N3O4S. The Hall–Kier alpha value is -2.74. The highest BCUT2D eigenvalue weighted by atomic mass is 32.2. The average molecular weight is 387 g/mol. The summed E-state index contributed by atoms with van der Waals surface area (Å²) in [5.74, 6) is 0.326. The van der Waals surface area contributed by atoms with Crippen LogP contribution in [0.5, 0.6) is 5.75 Å². The van der Waals surface area contributed by atoms with E-state index in [1.165, 1.54) is 19.2 Å². The summed E-state index contributed by atoms with van der Waals surface area (Å²) in [6, 6.07) is 10.2. The van der Waals surface area contributed by atoms with E-state index in [1.807, 2.05) is 6.07 Å². The molecule has 2 aliphatic heterocycles. The molecule has 27 heavy (non-hydrogen) atoms. The number of fused-ring (bicyclic) bond motifs is 1. The van der Waals surface area contributed by atoms with Gasteiger partial charge in [-0.3, -0.25) is 9.52 Å². The van der Waals surface area contributed by atoms with E-state index in [0.717, 1.165) is 31.6 Å². The van der Waals surface area contributed by atoms with Gasteiger partial charge in [0.25, 0.3) is 10.0 Å². The van der Waals surface area contributed by atoms with Crippen molar-refractivity contribution in [2.45, 2.75) is 24.2 Å². The van der Waals surface area contributed by atoms with Crippen molar-refractivity contribution in [1.82, 2.24) is 0 Å². The highest BCUT2D eigenvalue weighted by Crippen LogP contribution is 2.33. The Labute approximate surface area is 158 Å². The van der Waals surface area contributed by atoms with Crippen LogP contribution in [0.15, 0.2) is 41.3 Å². The Balaban J connectivity index is 1.65. The number of hydrogen-bond acceptors (Lipinski definition) is 5. The number of nitrogens with zero attached hydrogens (tertiary/aromatic N) is 1. The highest BCUT2D eigenvalue weighted by Gasteiger charge is 2.23. The van der Waals surface area contributed by atoms with E-state index < -0.39 is 10.0 Å². The molecule has 2 aliphatic rings. The van der Waals surface area contributed by atoms with Gasteiger partial charge in [-0.15, -0.1) is 0 Å². The van der Waals surface area contributed by atoms with Crippen molar-refractivity contribution in [2.24, 2.45) is 0 Å². The third-order valence-corrected chi connectivity index (χ3v) is 6.27. The smallest absolute Gasteiger partial charge is 0.262 e. The van der Waals surface area contributed by atoms with Gasteiger partial charge in [0.2, 0.25) is 5.91 Å². The van der Waals surface area contributed by atoms with Crippen LogP contribution in [0.4, 0.5) is 17.1 Å². The van der Waals surface area contributed by atoms with Crippen LogP contribution in [0.1, 0.15) is 18.4 Å². The summed E-state index contributed by atoms with van der Waals surface area (Å²) in [7, 11) is -2.30. The minimum absolute atomic E-state index is 0.117. The first-order valence-electron chi connectivity index (χ1n) is 8.85. The van der Waals surface area contributed by atoms with Crippen molar-refractivity contribution in [2.75, 3.05) is 35.1 Å². The van der Waals surface area contributed by atoms with Crippen LogP contribution in [0.3, 0.4) is 0 Å². The lowest BCUT2D eigenvalue weighted by Crippen LogP contribution is -2.18. The number of anilines is 3. The van der Waals surface area contributed by atoms with Gasteiger partial charge >= 0.3 is 0 Å². The van der Waals surface area contributed by atoms with Gasteiger partial charge in [-0.05, 0) is 54.8 Å². The van der Waals surface area contributed by atoms with Crippen molar-refractivity contribution in [1.29, 1.82) is 0 Å². The molecule has 0 atom stereocenters. The predicted molar refractivity (Wildman–Crippen MR) is 104 cm³/mol. The number of carbonyl (C=O) groups excluding carboxylic acids is 1. The minimum Gasteiger partial charge on any atom is -0.495 e. The zero-order chi connectivity index (χ0) is 19.0. The normalized spacial score (nSPS) is 16.2. The molecule has 1 fully saturated rings. The van der Waals surface area contributed by atoms with Gasteiger partial charge < -0.3 is 15.0 Å². The molecule has 2 heterocycles. The maximum absolute atomic E-state index is 12.9. The minimum atomic E-state index is -3.81. The summed E-state index contributed by atoms with van der Waals surface area (Å²) >= 11 is 0. The second-order valence-electron chi connectivity index (χ2n) is 6.73. The van der Waals surface area contributed by atoms with Gasteiger partial charge in [-0.25, -0.2) is 8.42 Å². The van der Waals surface area contributed by atoms with Crippen LogP contribution >= 0.6 is 0 Å². The number of ether oxygens (including phenoxy) is 1. The molecule has 0 spiro atoms. The van der Waals surface area contributed by atoms with Crippen LogP contribution in [0, 0.1) is 0 Å². The van der Waals surface area contributed by atoms with E-state index in [4.69, 9.17) is 4.74 Å². The van der Waals surface area contributed by atoms with E-state index in [2.05, 4.69) is 14.9 Å². The molecule has 0 aliphatic carbocycles. The van der Waals surface area contributed by atoms with Crippen LogP contribution < -0.4 is 19.7 Å². The highest BCUT2D eigenvalue weighted by molar-refractivity contribution is 7.92. The zero-order valence-electron chi connectivity index (χ0n) is 15.0. The van der Waals surface area contributed by atoms with E-state index >= 15 is 0 Å². The maximum Gasteiger partial charge on any atom is 0.262 e. The van der Waals surface area contributed by atoms with Crippen molar-refractivity contribution in [3.05, 3.63) is 42.0 Å². The summed E-state index contributed by atoms with van der Waals surface area (Å²) in [6.45, 7) is 1.93. The Morgan fingerprint density at radius 3 is 2.63 bits per heavy atom. The second-order valence-corrected chi connectivity index (χ2v) is 8.41. The third kappa shape index (κ3) is 3.44. The number of benzene rings is 2. The van der Waals surface area contributed by atoms with Crippen molar-refractivity contribution in [3.63, 3.8) is 0 Å². The second kappa shape index (κ2) is 6.77. The lowest BCUT2D eigenvalue weighted by atomic mass is 10.2. The number of methoxy groups -OCH3 is 1. The van der Waals surface area contributed by atoms with E-state index in [0.29, 0.717) is 22.7 Å². The molecule has 0 radical (unpaired) electrons. The fraction of sp³-hybridized carbons (Fsp3) is 0.316. The van der Waals surface area contributed by atoms with Gasteiger partial charge in [0.05, 0.1) is 24.1 Å². The van der Waals surface area contributed by atoms with Crippen molar-refractivity contribution < 1.29 is 17.9 Å². The SMILES string of the molecule is COc1ccc(N2CCCC2)cc1NS(=O)(=O)c1ccc2c(c1)CC(=O)N2. The quantitative estimate of drug-likeness (QED) is 0.823. The van der Waals surface area contributed by atoms with Crippen LogP contribution in [-0.2, 0) is 21.2 Å². The molecule has 1 amide bonds. The monoisotopic (exact) mass is 387 g/mol. The zero-order valence-corrected chi connectivity index (χ0v) is 15.8. The summed E-state index contributed by atoms with van der Waals surface area (Å²) < 4.78 is 33.8. The summed E-state index contributed by atoms with van der Waals surface area (Å²) in [5.41, 5.74) is 2.71. The Kier molecular flexibility index (Phi) is 4.43. The van der Waals surface area contributed by atoms with Crippen LogP contribution in [-0.4, -0.2) is 34.5 Å². The van der Waals surface area contributed by atoms with Gasteiger partial charge in [-0.1, -0.05) is 0 Å². The van der Waals surface area contributed by atoms with Gasteiger partial charge in [0, 0.05) is 24.5 Å². The van der Waals surface area contributed by atoms with E-state index in [-0.39, 0.29) is 17.2 Å². The lowest BCUT2D eigenvalue weighted by molar-refractivity contribution is -0.115. The molecule has 8 heteroatoms. The van der Waals surface area contributed by atoms with E-state index in [1.54, 1.807) is 18.2 Å². The molecule has 0 aromatic heterocycles. The average Bonchev–Trinajstić information content (AvgIpc) is 3.29. The fourth-order valence-electron chi connectivity index (χ4n) is 3.52. The molecule has 0 saturated carbocycles. The maximum atomic E-state index is 12.9. The van der Waals surface area contributed by atoms with Crippen LogP contribution in [0.2, 0.25) is 0 Å². The number of carbonyl (C=O) groups is 1. The molecule has 1 saturated heterocycles. The fourth-order valence-corrected chi connectivity index (χ4v) is 4.64. The number of amides is 1. The van der Waals surface area contributed by atoms with Gasteiger partial charge in [0.15, 0.2) is 0 Å². The Morgan fingerprint density at radius 2 is 1.89 bits per heavy atom. The first kappa shape index (κ1) is 17.7. The number of nitrogens with one attached hydrogen (secondary N) is 2. The molecule has 0 unspecified atom stereocenters. The Bertz CT molecular complexity index is 998. The Morgan fingerprint density at radius 1 is 1.11 bits per heavy atom.